The van der Waals surface area contributed by atoms with Gasteiger partial charge in [-0.25, -0.2) is 4.39 Å². The van der Waals surface area contributed by atoms with Gasteiger partial charge in [0.05, 0.1) is 0 Å². The van der Waals surface area contributed by atoms with Gasteiger partial charge in [-0.3, -0.25) is 0 Å². The van der Waals surface area contributed by atoms with Crippen molar-refractivity contribution < 1.29 is 9.13 Å². The number of ether oxygens (including phenoxy) is 1. The van der Waals surface area contributed by atoms with Crippen LogP contribution in [0.4, 0.5) is 4.39 Å². The molecule has 3 heteroatoms. The van der Waals surface area contributed by atoms with Crippen molar-refractivity contribution in [3.63, 3.8) is 0 Å². The minimum absolute atomic E-state index is 0.205. The first-order valence-electron chi connectivity index (χ1n) is 4.82. The van der Waals surface area contributed by atoms with Gasteiger partial charge in [-0.1, -0.05) is 12.1 Å². The molecule has 1 aliphatic rings. The van der Waals surface area contributed by atoms with Gasteiger partial charge in [0.15, 0.2) is 11.6 Å². The third kappa shape index (κ3) is 2.37. The minimum atomic E-state index is -0.349. The van der Waals surface area contributed by atoms with Gasteiger partial charge in [0.25, 0.3) is 0 Å². The van der Waals surface area contributed by atoms with Crippen LogP contribution in [-0.2, 0) is 0 Å². The van der Waals surface area contributed by atoms with Crippen molar-refractivity contribution >= 4 is 0 Å². The molecule has 2 rings (SSSR count). The fourth-order valence-corrected chi connectivity index (χ4v) is 1.35. The normalized spacial score (nSPS) is 19.3. The van der Waals surface area contributed by atoms with E-state index < -0.39 is 0 Å². The maximum atomic E-state index is 13.2. The Bertz CT molecular complexity index is 412. The van der Waals surface area contributed by atoms with Crippen molar-refractivity contribution in [3.8, 4) is 5.75 Å². The molecule has 1 aromatic rings. The molecule has 0 fully saturated rings. The number of para-hydroxylation sites is 1. The van der Waals surface area contributed by atoms with Crippen LogP contribution in [0, 0.1) is 5.82 Å². The van der Waals surface area contributed by atoms with Crippen LogP contribution < -0.4 is 10.1 Å². The van der Waals surface area contributed by atoms with Crippen LogP contribution in [0.3, 0.4) is 0 Å². The molecular weight excluding hydrogens is 193 g/mol. The summed E-state index contributed by atoms with van der Waals surface area (Å²) in [5.74, 6) is 0.562. The summed E-state index contributed by atoms with van der Waals surface area (Å²) in [5.41, 5.74) is 0. The molecule has 0 saturated carbocycles. The van der Waals surface area contributed by atoms with Crippen LogP contribution in [0.2, 0.25) is 0 Å². The summed E-state index contributed by atoms with van der Waals surface area (Å²) in [6.45, 7) is 1.99. The standard InChI is InChI=1S/C12H12FNO/c1-9-8-10(6-7-14-9)15-12-5-3-2-4-11(12)13/h2-9,14H,1H3. The Labute approximate surface area is 88.1 Å². The molecule has 0 amide bonds. The van der Waals surface area contributed by atoms with Crippen LogP contribution in [0.5, 0.6) is 5.75 Å². The van der Waals surface area contributed by atoms with Gasteiger partial charge in [-0.2, -0.15) is 0 Å². The third-order valence-electron chi connectivity index (χ3n) is 2.09. The topological polar surface area (TPSA) is 21.3 Å². The second-order valence-electron chi connectivity index (χ2n) is 3.39. The SMILES string of the molecule is CC1C=C(Oc2ccccc2F)C=CN1. The Morgan fingerprint density at radius 3 is 2.87 bits per heavy atom. The van der Waals surface area contributed by atoms with Crippen LogP contribution in [0.1, 0.15) is 6.92 Å². The first kappa shape index (κ1) is 9.77. The zero-order chi connectivity index (χ0) is 10.7. The highest BCUT2D eigenvalue weighted by Gasteiger charge is 2.07. The molecule has 1 N–H and O–H groups in total. The summed E-state index contributed by atoms with van der Waals surface area (Å²) in [6, 6.07) is 6.57. The lowest BCUT2D eigenvalue weighted by Crippen LogP contribution is -2.21. The maximum absolute atomic E-state index is 13.2. The fraction of sp³-hybridized carbons (Fsp3) is 0.167. The molecule has 1 aliphatic heterocycles. The quantitative estimate of drug-likeness (QED) is 0.801. The number of allylic oxidation sites excluding steroid dienone is 1. The zero-order valence-electron chi connectivity index (χ0n) is 8.41. The van der Waals surface area contributed by atoms with Crippen molar-refractivity contribution in [2.24, 2.45) is 0 Å². The number of halogens is 1. The lowest BCUT2D eigenvalue weighted by Gasteiger charge is -2.15. The number of dihydropyridines is 1. The summed E-state index contributed by atoms with van der Waals surface area (Å²) in [4.78, 5) is 0. The highest BCUT2D eigenvalue weighted by molar-refractivity contribution is 5.29. The molecule has 15 heavy (non-hydrogen) atoms. The summed E-state index contributed by atoms with van der Waals surface area (Å²) >= 11 is 0. The molecule has 0 bridgehead atoms. The Morgan fingerprint density at radius 2 is 2.13 bits per heavy atom. The van der Waals surface area contributed by atoms with E-state index >= 15 is 0 Å². The van der Waals surface area contributed by atoms with Crippen LogP contribution in [0.15, 0.2) is 48.4 Å². The van der Waals surface area contributed by atoms with Crippen molar-refractivity contribution in [2.75, 3.05) is 0 Å². The van der Waals surface area contributed by atoms with Gasteiger partial charge in [0, 0.05) is 12.2 Å². The van der Waals surface area contributed by atoms with Crippen LogP contribution in [-0.4, -0.2) is 6.04 Å². The Balaban J connectivity index is 2.16. The second-order valence-corrected chi connectivity index (χ2v) is 3.39. The molecular formula is C12H12FNO. The van der Waals surface area contributed by atoms with Crippen molar-refractivity contribution in [1.29, 1.82) is 0 Å². The predicted octanol–water partition coefficient (Wildman–Crippen LogP) is 2.59. The van der Waals surface area contributed by atoms with E-state index in [1.165, 1.54) is 6.07 Å². The average Bonchev–Trinajstić information content (AvgIpc) is 2.22. The highest BCUT2D eigenvalue weighted by Crippen LogP contribution is 2.19. The number of nitrogens with one attached hydrogen (secondary N) is 1. The Hall–Kier alpha value is -1.77. The molecule has 2 nitrogen and oxygen atoms in total. The lowest BCUT2D eigenvalue weighted by molar-refractivity contribution is 0.404. The first-order valence-corrected chi connectivity index (χ1v) is 4.82. The van der Waals surface area contributed by atoms with Crippen molar-refractivity contribution in [2.45, 2.75) is 13.0 Å². The van der Waals surface area contributed by atoms with E-state index in [0.29, 0.717) is 5.76 Å². The average molecular weight is 205 g/mol. The zero-order valence-corrected chi connectivity index (χ0v) is 8.41. The monoisotopic (exact) mass is 205 g/mol. The molecule has 1 aromatic carbocycles. The van der Waals surface area contributed by atoms with E-state index in [1.54, 1.807) is 30.5 Å². The maximum Gasteiger partial charge on any atom is 0.165 e. The van der Waals surface area contributed by atoms with Crippen molar-refractivity contribution in [3.05, 3.63) is 54.2 Å². The molecule has 1 heterocycles. The Kier molecular flexibility index (Phi) is 2.72. The number of hydrogen-bond acceptors (Lipinski definition) is 2. The van der Waals surface area contributed by atoms with E-state index in [9.17, 15) is 4.39 Å². The minimum Gasteiger partial charge on any atom is -0.454 e. The largest absolute Gasteiger partial charge is 0.454 e. The van der Waals surface area contributed by atoms with Crippen molar-refractivity contribution in [1.82, 2.24) is 5.32 Å². The van der Waals surface area contributed by atoms with Gasteiger partial charge < -0.3 is 10.1 Å². The molecule has 0 radical (unpaired) electrons. The molecule has 0 aromatic heterocycles. The summed E-state index contributed by atoms with van der Waals surface area (Å²) in [7, 11) is 0. The number of hydrogen-bond donors (Lipinski definition) is 1. The highest BCUT2D eigenvalue weighted by atomic mass is 19.1. The van der Waals surface area contributed by atoms with Crippen LogP contribution >= 0.6 is 0 Å². The van der Waals surface area contributed by atoms with E-state index in [2.05, 4.69) is 5.32 Å². The molecule has 1 atom stereocenters. The third-order valence-corrected chi connectivity index (χ3v) is 2.09. The number of rotatable bonds is 2. The molecule has 0 aliphatic carbocycles. The van der Waals surface area contributed by atoms with Gasteiger partial charge in [0.1, 0.15) is 5.76 Å². The smallest absolute Gasteiger partial charge is 0.165 e. The van der Waals surface area contributed by atoms with E-state index in [-0.39, 0.29) is 17.6 Å². The summed E-state index contributed by atoms with van der Waals surface area (Å²) < 4.78 is 18.7. The van der Waals surface area contributed by atoms with Gasteiger partial charge >= 0.3 is 0 Å². The molecule has 1 unspecified atom stereocenters. The molecule has 0 saturated heterocycles. The summed E-state index contributed by atoms with van der Waals surface area (Å²) in [6.07, 6.45) is 5.46. The lowest BCUT2D eigenvalue weighted by atomic mass is 10.2. The Morgan fingerprint density at radius 1 is 1.33 bits per heavy atom. The molecule has 78 valence electrons. The first-order chi connectivity index (χ1) is 7.25. The molecule has 0 spiro atoms. The predicted molar refractivity (Wildman–Crippen MR) is 56.8 cm³/mol. The van der Waals surface area contributed by atoms with Gasteiger partial charge in [-0.15, -0.1) is 0 Å². The second kappa shape index (κ2) is 4.17. The fourth-order valence-electron chi connectivity index (χ4n) is 1.35. The number of benzene rings is 1. The summed E-state index contributed by atoms with van der Waals surface area (Å²) in [5, 5.41) is 3.08. The van der Waals surface area contributed by atoms with Gasteiger partial charge in [0.2, 0.25) is 0 Å². The van der Waals surface area contributed by atoms with Gasteiger partial charge in [-0.05, 0) is 31.2 Å². The van der Waals surface area contributed by atoms with Crippen LogP contribution in [0.25, 0.3) is 0 Å². The van der Waals surface area contributed by atoms with E-state index in [1.807, 2.05) is 13.0 Å². The van der Waals surface area contributed by atoms with E-state index in [0.717, 1.165) is 0 Å². The van der Waals surface area contributed by atoms with E-state index in [4.69, 9.17) is 4.74 Å².